The summed E-state index contributed by atoms with van der Waals surface area (Å²) in [6, 6.07) is 9.62. The molecule has 4 N–H and O–H groups in total. The van der Waals surface area contributed by atoms with Gasteiger partial charge in [0.2, 0.25) is 5.95 Å². The SMILES string of the molecule is C[C@H](N)[C@](N)(c1ccc(Cl)cc1)c1ccc(F)nc1. The Morgan fingerprint density at radius 3 is 2.21 bits per heavy atom. The van der Waals surface area contributed by atoms with Crippen LogP contribution >= 0.6 is 11.6 Å². The third-order valence-electron chi connectivity index (χ3n) is 3.25. The van der Waals surface area contributed by atoms with E-state index >= 15 is 0 Å². The molecule has 0 fully saturated rings. The van der Waals surface area contributed by atoms with E-state index in [1.165, 1.54) is 12.3 Å². The van der Waals surface area contributed by atoms with Crippen LogP contribution < -0.4 is 11.5 Å². The largest absolute Gasteiger partial charge is 0.326 e. The van der Waals surface area contributed by atoms with Crippen molar-refractivity contribution in [1.29, 1.82) is 0 Å². The van der Waals surface area contributed by atoms with E-state index in [2.05, 4.69) is 4.98 Å². The molecule has 0 aliphatic carbocycles. The Morgan fingerprint density at radius 1 is 1.16 bits per heavy atom. The zero-order chi connectivity index (χ0) is 14.0. The van der Waals surface area contributed by atoms with Gasteiger partial charge >= 0.3 is 0 Å². The standard InChI is InChI=1S/C14H15ClFN3/c1-9(17)14(18,10-2-5-12(15)6-3-10)11-4-7-13(16)19-8-11/h2-9H,17-18H2,1H3/t9-,14-/m0/s1. The number of hydrogen-bond donors (Lipinski definition) is 2. The van der Waals surface area contributed by atoms with Crippen LogP contribution in [0.1, 0.15) is 18.1 Å². The maximum absolute atomic E-state index is 12.9. The molecule has 0 spiro atoms. The molecule has 0 aliphatic heterocycles. The van der Waals surface area contributed by atoms with Gasteiger partial charge in [-0.2, -0.15) is 4.39 Å². The zero-order valence-electron chi connectivity index (χ0n) is 10.5. The summed E-state index contributed by atoms with van der Waals surface area (Å²) in [5, 5.41) is 0.619. The first-order valence-electron chi connectivity index (χ1n) is 5.87. The predicted molar refractivity (Wildman–Crippen MR) is 74.3 cm³/mol. The van der Waals surface area contributed by atoms with E-state index in [9.17, 15) is 4.39 Å². The smallest absolute Gasteiger partial charge is 0.212 e. The molecule has 2 aromatic rings. The minimum Gasteiger partial charge on any atom is -0.326 e. The topological polar surface area (TPSA) is 64.9 Å². The van der Waals surface area contributed by atoms with Crippen LogP contribution in [0.15, 0.2) is 42.6 Å². The fraction of sp³-hybridized carbons (Fsp3) is 0.214. The summed E-state index contributed by atoms with van der Waals surface area (Å²) in [5.41, 5.74) is 13.0. The molecule has 0 aliphatic rings. The second-order valence-electron chi connectivity index (χ2n) is 4.53. The number of pyridine rings is 1. The number of hydrogen-bond acceptors (Lipinski definition) is 3. The molecular formula is C14H15ClFN3. The van der Waals surface area contributed by atoms with Crippen LogP contribution in [0.5, 0.6) is 0 Å². The highest BCUT2D eigenvalue weighted by Gasteiger charge is 2.34. The Morgan fingerprint density at radius 2 is 1.74 bits per heavy atom. The first kappa shape index (κ1) is 13.9. The van der Waals surface area contributed by atoms with Crippen molar-refractivity contribution in [3.05, 3.63) is 64.7 Å². The van der Waals surface area contributed by atoms with Crippen molar-refractivity contribution in [2.45, 2.75) is 18.5 Å². The molecule has 2 rings (SSSR count). The average Bonchev–Trinajstić information content (AvgIpc) is 2.39. The molecule has 1 heterocycles. The van der Waals surface area contributed by atoms with Gasteiger partial charge in [-0.3, -0.25) is 0 Å². The molecule has 0 saturated carbocycles. The van der Waals surface area contributed by atoms with Crippen molar-refractivity contribution >= 4 is 11.6 Å². The van der Waals surface area contributed by atoms with Gasteiger partial charge < -0.3 is 11.5 Å². The fourth-order valence-corrected chi connectivity index (χ4v) is 2.16. The number of halogens is 2. The Bertz CT molecular complexity index is 506. The highest BCUT2D eigenvalue weighted by atomic mass is 35.5. The number of nitrogens with zero attached hydrogens (tertiary/aromatic N) is 1. The molecule has 0 radical (unpaired) electrons. The van der Waals surface area contributed by atoms with E-state index in [4.69, 9.17) is 23.1 Å². The first-order valence-corrected chi connectivity index (χ1v) is 6.25. The van der Waals surface area contributed by atoms with E-state index in [0.29, 0.717) is 10.6 Å². The Balaban J connectivity index is 2.54. The van der Waals surface area contributed by atoms with Gasteiger partial charge in [-0.1, -0.05) is 29.8 Å². The second kappa shape index (κ2) is 5.25. The molecule has 1 aromatic carbocycles. The average molecular weight is 280 g/mol. The molecule has 19 heavy (non-hydrogen) atoms. The molecule has 0 bridgehead atoms. The minimum atomic E-state index is -0.939. The summed E-state index contributed by atoms with van der Waals surface area (Å²) in [7, 11) is 0. The number of rotatable bonds is 3. The van der Waals surface area contributed by atoms with Crippen molar-refractivity contribution < 1.29 is 4.39 Å². The van der Waals surface area contributed by atoms with Crippen LogP contribution in [-0.2, 0) is 5.54 Å². The van der Waals surface area contributed by atoms with E-state index < -0.39 is 11.5 Å². The lowest BCUT2D eigenvalue weighted by Crippen LogP contribution is -2.51. The van der Waals surface area contributed by atoms with Gasteiger partial charge in [0.05, 0.1) is 5.54 Å². The van der Waals surface area contributed by atoms with Crippen molar-refractivity contribution in [2.75, 3.05) is 0 Å². The molecule has 100 valence electrons. The van der Waals surface area contributed by atoms with E-state index in [1.807, 2.05) is 12.1 Å². The summed E-state index contributed by atoms with van der Waals surface area (Å²) in [4.78, 5) is 3.64. The van der Waals surface area contributed by atoms with E-state index in [0.717, 1.165) is 5.56 Å². The minimum absolute atomic E-state index is 0.374. The molecule has 5 heteroatoms. The van der Waals surface area contributed by atoms with Gasteiger partial charge in [0.15, 0.2) is 0 Å². The van der Waals surface area contributed by atoms with Crippen LogP contribution in [0, 0.1) is 5.95 Å². The summed E-state index contributed by atoms with van der Waals surface area (Å²) >= 11 is 5.87. The van der Waals surface area contributed by atoms with Crippen LogP contribution in [0.3, 0.4) is 0 Å². The highest BCUT2D eigenvalue weighted by molar-refractivity contribution is 6.30. The van der Waals surface area contributed by atoms with Crippen LogP contribution in [0.4, 0.5) is 4.39 Å². The summed E-state index contributed by atoms with van der Waals surface area (Å²) in [5.74, 6) is -0.549. The normalized spacial score (nSPS) is 15.8. The molecule has 0 saturated heterocycles. The molecule has 3 nitrogen and oxygen atoms in total. The van der Waals surface area contributed by atoms with Gasteiger partial charge in [0.1, 0.15) is 0 Å². The number of benzene rings is 1. The maximum atomic E-state index is 12.9. The lowest BCUT2D eigenvalue weighted by Gasteiger charge is -2.34. The molecule has 0 unspecified atom stereocenters. The second-order valence-corrected chi connectivity index (χ2v) is 4.97. The fourth-order valence-electron chi connectivity index (χ4n) is 2.04. The third-order valence-corrected chi connectivity index (χ3v) is 3.50. The van der Waals surface area contributed by atoms with Crippen molar-refractivity contribution in [3.8, 4) is 0 Å². The molecule has 1 aromatic heterocycles. The van der Waals surface area contributed by atoms with E-state index in [-0.39, 0.29) is 6.04 Å². The van der Waals surface area contributed by atoms with Crippen LogP contribution in [0.2, 0.25) is 5.02 Å². The first-order chi connectivity index (χ1) is 8.94. The van der Waals surface area contributed by atoms with Gasteiger partial charge in [0, 0.05) is 17.3 Å². The van der Waals surface area contributed by atoms with Crippen molar-refractivity contribution in [3.63, 3.8) is 0 Å². The van der Waals surface area contributed by atoms with E-state index in [1.54, 1.807) is 25.1 Å². The quantitative estimate of drug-likeness (QED) is 0.848. The van der Waals surface area contributed by atoms with Gasteiger partial charge in [-0.15, -0.1) is 0 Å². The van der Waals surface area contributed by atoms with Crippen LogP contribution in [-0.4, -0.2) is 11.0 Å². The summed E-state index contributed by atoms with van der Waals surface area (Å²) in [6.45, 7) is 1.80. The Hall–Kier alpha value is -1.49. The van der Waals surface area contributed by atoms with Gasteiger partial charge in [0.25, 0.3) is 0 Å². The molecule has 0 amide bonds. The number of aromatic nitrogens is 1. The Kier molecular flexibility index (Phi) is 3.85. The zero-order valence-corrected chi connectivity index (χ0v) is 11.2. The van der Waals surface area contributed by atoms with Crippen LogP contribution in [0.25, 0.3) is 0 Å². The number of nitrogens with two attached hydrogens (primary N) is 2. The maximum Gasteiger partial charge on any atom is 0.212 e. The summed E-state index contributed by atoms with van der Waals surface area (Å²) < 4.78 is 12.9. The third kappa shape index (κ3) is 2.61. The van der Waals surface area contributed by atoms with Gasteiger partial charge in [-0.25, -0.2) is 4.98 Å². The lowest BCUT2D eigenvalue weighted by molar-refractivity contribution is 0.442. The molecular weight excluding hydrogens is 265 g/mol. The Labute approximate surface area is 116 Å². The highest BCUT2D eigenvalue weighted by Crippen LogP contribution is 2.30. The molecule has 2 atom stereocenters. The van der Waals surface area contributed by atoms with Crippen molar-refractivity contribution in [2.24, 2.45) is 11.5 Å². The predicted octanol–water partition coefficient (Wildman–Crippen LogP) is 2.42. The van der Waals surface area contributed by atoms with Gasteiger partial charge in [-0.05, 0) is 36.2 Å². The summed E-state index contributed by atoms with van der Waals surface area (Å²) in [6.07, 6.45) is 1.41. The monoisotopic (exact) mass is 279 g/mol. The lowest BCUT2D eigenvalue weighted by atomic mass is 9.79. The van der Waals surface area contributed by atoms with Crippen molar-refractivity contribution in [1.82, 2.24) is 4.98 Å².